The van der Waals surface area contributed by atoms with Crippen LogP contribution in [0.15, 0.2) is 36.5 Å². The smallest absolute Gasteiger partial charge is 0.160 e. The van der Waals surface area contributed by atoms with Crippen LogP contribution in [0.2, 0.25) is 0 Å². The Morgan fingerprint density at radius 1 is 1.19 bits per heavy atom. The van der Waals surface area contributed by atoms with E-state index in [2.05, 4.69) is 42.6 Å². The first-order chi connectivity index (χ1) is 15.0. The quantitative estimate of drug-likeness (QED) is 0.377. The molecule has 3 rings (SSSR count). The molecule has 2 heterocycles. The molecule has 1 unspecified atom stereocenters. The second-order valence-corrected chi connectivity index (χ2v) is 8.16. The van der Waals surface area contributed by atoms with Gasteiger partial charge in [0.05, 0.1) is 17.3 Å². The Balaban J connectivity index is 1.91. The van der Waals surface area contributed by atoms with Gasteiger partial charge in [0.25, 0.3) is 0 Å². The lowest BCUT2D eigenvalue weighted by Crippen LogP contribution is -2.29. The number of nitrogens with zero attached hydrogens (tertiary/aromatic N) is 3. The van der Waals surface area contributed by atoms with E-state index in [1.54, 1.807) is 7.05 Å². The molecule has 3 aromatic rings. The molecule has 0 aliphatic heterocycles. The van der Waals surface area contributed by atoms with E-state index in [0.717, 1.165) is 40.9 Å². The Kier molecular flexibility index (Phi) is 8.26. The molecule has 0 bridgehead atoms. The van der Waals surface area contributed by atoms with Crippen LogP contribution in [-0.4, -0.2) is 52.7 Å². The number of aliphatic hydroxyl groups is 1. The third-order valence-corrected chi connectivity index (χ3v) is 5.16. The molecule has 7 heteroatoms. The number of likely N-dealkylation sites (N-methyl/N-ethyl adjacent to an activating group) is 1. The van der Waals surface area contributed by atoms with Crippen LogP contribution in [0.4, 0.5) is 5.69 Å². The summed E-state index contributed by atoms with van der Waals surface area (Å²) < 4.78 is 7.75. The number of benzene rings is 1. The first kappa shape index (κ1) is 23.0. The molecule has 0 aliphatic carbocycles. The van der Waals surface area contributed by atoms with Gasteiger partial charge >= 0.3 is 0 Å². The molecule has 168 valence electrons. The summed E-state index contributed by atoms with van der Waals surface area (Å²) >= 11 is 0. The van der Waals surface area contributed by atoms with Gasteiger partial charge in [0.15, 0.2) is 5.65 Å². The number of hydrogen-bond acceptors (Lipinski definition) is 6. The van der Waals surface area contributed by atoms with Crippen LogP contribution in [-0.2, 0) is 0 Å². The normalized spacial score (nSPS) is 12.5. The van der Waals surface area contributed by atoms with E-state index in [9.17, 15) is 5.11 Å². The maximum atomic E-state index is 9.91. The Labute approximate surface area is 184 Å². The molecule has 0 fully saturated rings. The lowest BCUT2D eigenvalue weighted by molar-refractivity contribution is 0.108. The zero-order chi connectivity index (χ0) is 22.2. The highest BCUT2D eigenvalue weighted by atomic mass is 16.5. The molecule has 31 heavy (non-hydrogen) atoms. The summed E-state index contributed by atoms with van der Waals surface area (Å²) in [6, 6.07) is 10.2. The number of rotatable bonds is 12. The molecule has 3 N–H and O–H groups in total. The summed E-state index contributed by atoms with van der Waals surface area (Å²) in [6.07, 6.45) is 4.88. The molecule has 0 spiro atoms. The molecule has 1 atom stereocenters. The second kappa shape index (κ2) is 11.1. The summed E-state index contributed by atoms with van der Waals surface area (Å²) in [5, 5.41) is 22.1. The number of nitrogens with one attached hydrogen (secondary N) is 2. The fraction of sp³-hybridized carbons (Fsp3) is 0.500. The lowest BCUT2D eigenvalue weighted by atomic mass is 10.1. The van der Waals surface area contributed by atoms with Gasteiger partial charge in [-0.3, -0.25) is 0 Å². The maximum Gasteiger partial charge on any atom is 0.160 e. The second-order valence-electron chi connectivity index (χ2n) is 8.16. The van der Waals surface area contributed by atoms with Gasteiger partial charge in [0.1, 0.15) is 18.5 Å². The molecular weight excluding hydrogens is 390 g/mol. The predicted octanol–water partition coefficient (Wildman–Crippen LogP) is 4.24. The zero-order valence-corrected chi connectivity index (χ0v) is 19.1. The number of hydrogen-bond donors (Lipinski definition) is 3. The summed E-state index contributed by atoms with van der Waals surface area (Å²) in [7, 11) is 1.81. The minimum Gasteiger partial charge on any atom is -0.491 e. The highest BCUT2D eigenvalue weighted by Crippen LogP contribution is 2.31. The fourth-order valence-corrected chi connectivity index (χ4v) is 3.52. The van der Waals surface area contributed by atoms with E-state index in [1.165, 1.54) is 12.8 Å². The largest absolute Gasteiger partial charge is 0.491 e. The van der Waals surface area contributed by atoms with Crippen molar-refractivity contribution in [3.63, 3.8) is 0 Å². The van der Waals surface area contributed by atoms with Gasteiger partial charge in [-0.05, 0) is 45.5 Å². The van der Waals surface area contributed by atoms with Crippen molar-refractivity contribution in [3.05, 3.63) is 36.5 Å². The van der Waals surface area contributed by atoms with E-state index in [1.807, 2.05) is 35.1 Å². The van der Waals surface area contributed by atoms with Crippen LogP contribution in [0.1, 0.15) is 46.1 Å². The van der Waals surface area contributed by atoms with E-state index in [4.69, 9.17) is 9.72 Å². The topological polar surface area (TPSA) is 84.2 Å². The van der Waals surface area contributed by atoms with Crippen LogP contribution in [0.3, 0.4) is 0 Å². The van der Waals surface area contributed by atoms with Gasteiger partial charge in [0, 0.05) is 30.4 Å². The maximum absolute atomic E-state index is 9.91. The monoisotopic (exact) mass is 425 g/mol. The minimum atomic E-state index is -0.553. The van der Waals surface area contributed by atoms with Crippen LogP contribution in [0, 0.1) is 0 Å². The summed E-state index contributed by atoms with van der Waals surface area (Å²) in [5.74, 6) is 0.712. The average Bonchev–Trinajstić information content (AvgIpc) is 3.20. The van der Waals surface area contributed by atoms with Gasteiger partial charge < -0.3 is 20.5 Å². The summed E-state index contributed by atoms with van der Waals surface area (Å²) in [5.41, 5.74) is 3.77. The van der Waals surface area contributed by atoms with Crippen molar-refractivity contribution in [2.24, 2.45) is 0 Å². The predicted molar refractivity (Wildman–Crippen MR) is 127 cm³/mol. The van der Waals surface area contributed by atoms with Gasteiger partial charge in [0.2, 0.25) is 0 Å². The van der Waals surface area contributed by atoms with Crippen molar-refractivity contribution in [1.82, 2.24) is 20.1 Å². The Morgan fingerprint density at radius 2 is 2.03 bits per heavy atom. The van der Waals surface area contributed by atoms with Crippen molar-refractivity contribution in [2.75, 3.05) is 32.1 Å². The van der Waals surface area contributed by atoms with E-state index < -0.39 is 6.10 Å². The molecular formula is C24H35N5O2. The van der Waals surface area contributed by atoms with Gasteiger partial charge in [-0.1, -0.05) is 31.9 Å². The third kappa shape index (κ3) is 5.95. The van der Waals surface area contributed by atoms with Crippen molar-refractivity contribution in [3.8, 4) is 17.0 Å². The Hall–Kier alpha value is -2.64. The number of anilines is 1. The van der Waals surface area contributed by atoms with E-state index >= 15 is 0 Å². The van der Waals surface area contributed by atoms with E-state index in [-0.39, 0.29) is 12.6 Å². The number of aromatic nitrogens is 3. The summed E-state index contributed by atoms with van der Waals surface area (Å²) in [4.78, 5) is 4.94. The van der Waals surface area contributed by atoms with Crippen LogP contribution < -0.4 is 15.4 Å². The molecule has 0 aliphatic rings. The highest BCUT2D eigenvalue weighted by molar-refractivity contribution is 5.91. The minimum absolute atomic E-state index is 0.219. The van der Waals surface area contributed by atoms with Crippen LogP contribution >= 0.6 is 0 Å². The fourth-order valence-electron chi connectivity index (χ4n) is 3.52. The van der Waals surface area contributed by atoms with Gasteiger partial charge in [-0.15, -0.1) is 0 Å². The number of pyridine rings is 1. The van der Waals surface area contributed by atoms with Crippen LogP contribution in [0.25, 0.3) is 22.3 Å². The van der Waals surface area contributed by atoms with Crippen molar-refractivity contribution in [1.29, 1.82) is 0 Å². The first-order valence-electron chi connectivity index (χ1n) is 11.2. The Bertz CT molecular complexity index is 970. The SMILES string of the molecule is CCCCCNc1cc(-c2cccc(OCC(O)CNC)c2)nc2c1cnn2C(C)C. The molecule has 0 radical (unpaired) electrons. The highest BCUT2D eigenvalue weighted by Gasteiger charge is 2.14. The summed E-state index contributed by atoms with van der Waals surface area (Å²) in [6.45, 7) is 8.08. The van der Waals surface area contributed by atoms with Gasteiger partial charge in [-0.25, -0.2) is 9.67 Å². The number of unbranched alkanes of at least 4 members (excludes halogenated alkanes) is 2. The number of fused-ring (bicyclic) bond motifs is 1. The Morgan fingerprint density at radius 3 is 2.77 bits per heavy atom. The molecule has 2 aromatic heterocycles. The number of aliphatic hydroxyl groups excluding tert-OH is 1. The van der Waals surface area contributed by atoms with E-state index in [0.29, 0.717) is 12.3 Å². The van der Waals surface area contributed by atoms with Gasteiger partial charge in [-0.2, -0.15) is 5.10 Å². The molecule has 0 saturated heterocycles. The van der Waals surface area contributed by atoms with Crippen molar-refractivity contribution >= 4 is 16.7 Å². The molecule has 0 saturated carbocycles. The molecule has 7 nitrogen and oxygen atoms in total. The first-order valence-corrected chi connectivity index (χ1v) is 11.2. The molecule has 0 amide bonds. The third-order valence-electron chi connectivity index (χ3n) is 5.16. The van der Waals surface area contributed by atoms with Crippen molar-refractivity contribution in [2.45, 2.75) is 52.2 Å². The zero-order valence-electron chi connectivity index (χ0n) is 19.1. The van der Waals surface area contributed by atoms with Crippen LogP contribution in [0.5, 0.6) is 5.75 Å². The molecule has 1 aromatic carbocycles. The average molecular weight is 426 g/mol. The number of ether oxygens (including phenoxy) is 1. The lowest BCUT2D eigenvalue weighted by Gasteiger charge is -2.14. The standard InChI is InChI=1S/C24H35N5O2/c1-5-6-7-11-26-23-13-22(28-24-21(23)15-27-29(24)17(2)3)18-9-8-10-20(12-18)31-16-19(30)14-25-4/h8-10,12-13,15,17,19,25,30H,5-7,11,14,16H2,1-4H3,(H,26,28). The van der Waals surface area contributed by atoms with Crippen molar-refractivity contribution < 1.29 is 9.84 Å².